The molecule has 2 nitrogen and oxygen atoms in total. The second-order valence-corrected chi connectivity index (χ2v) is 5.37. The van der Waals surface area contributed by atoms with E-state index in [0.29, 0.717) is 12.5 Å². The summed E-state index contributed by atoms with van der Waals surface area (Å²) in [6, 6.07) is 7.77. The Balaban J connectivity index is 2.81. The molecular formula is C13H21ClN2. The van der Waals surface area contributed by atoms with Crippen molar-refractivity contribution in [3.05, 3.63) is 29.3 Å². The van der Waals surface area contributed by atoms with Crippen molar-refractivity contribution in [2.45, 2.75) is 32.7 Å². The Morgan fingerprint density at radius 3 is 2.50 bits per heavy atom. The highest BCUT2D eigenvalue weighted by Crippen LogP contribution is 2.27. The van der Waals surface area contributed by atoms with Crippen molar-refractivity contribution in [2.75, 3.05) is 11.9 Å². The molecule has 0 heterocycles. The third kappa shape index (κ3) is 3.69. The van der Waals surface area contributed by atoms with Crippen molar-refractivity contribution >= 4 is 17.3 Å². The maximum absolute atomic E-state index is 6.12. The average molecular weight is 241 g/mol. The first-order valence-corrected chi connectivity index (χ1v) is 6.07. The number of nitrogens with one attached hydrogen (secondary N) is 1. The summed E-state index contributed by atoms with van der Waals surface area (Å²) >= 11 is 6.12. The molecule has 1 aromatic rings. The number of hydrogen-bond donors (Lipinski definition) is 2. The molecule has 0 spiro atoms. The lowest BCUT2D eigenvalue weighted by Gasteiger charge is -2.32. The number of nitrogens with two attached hydrogens (primary N) is 1. The summed E-state index contributed by atoms with van der Waals surface area (Å²) in [6.45, 7) is 7.12. The second kappa shape index (κ2) is 5.55. The Bertz CT molecular complexity index is 338. The van der Waals surface area contributed by atoms with E-state index in [9.17, 15) is 0 Å². The molecule has 0 fully saturated rings. The topological polar surface area (TPSA) is 38.0 Å². The molecule has 0 saturated heterocycles. The minimum atomic E-state index is -0.0981. The summed E-state index contributed by atoms with van der Waals surface area (Å²) in [5.74, 6) is 0.600. The van der Waals surface area contributed by atoms with Crippen LogP contribution >= 0.6 is 11.6 Å². The zero-order valence-corrected chi connectivity index (χ0v) is 11.0. The van der Waals surface area contributed by atoms with E-state index in [0.717, 1.165) is 17.1 Å². The third-order valence-corrected chi connectivity index (χ3v) is 2.95. The molecule has 0 radical (unpaired) electrons. The Morgan fingerprint density at radius 1 is 1.38 bits per heavy atom. The molecule has 0 aliphatic heterocycles. The zero-order valence-electron chi connectivity index (χ0n) is 10.3. The number of rotatable bonds is 5. The number of halogens is 1. The van der Waals surface area contributed by atoms with E-state index >= 15 is 0 Å². The van der Waals surface area contributed by atoms with Gasteiger partial charge >= 0.3 is 0 Å². The van der Waals surface area contributed by atoms with E-state index in [1.807, 2.05) is 24.3 Å². The Kier molecular flexibility index (Phi) is 4.63. The van der Waals surface area contributed by atoms with E-state index in [4.69, 9.17) is 17.3 Å². The fourth-order valence-electron chi connectivity index (χ4n) is 1.97. The fraction of sp³-hybridized carbons (Fsp3) is 0.538. The highest BCUT2D eigenvalue weighted by atomic mass is 35.5. The number of benzene rings is 1. The van der Waals surface area contributed by atoms with Crippen LogP contribution in [0.5, 0.6) is 0 Å². The zero-order chi connectivity index (χ0) is 12.2. The molecule has 90 valence electrons. The summed E-state index contributed by atoms with van der Waals surface area (Å²) < 4.78 is 0. The van der Waals surface area contributed by atoms with Crippen LogP contribution in [0.3, 0.4) is 0 Å². The van der Waals surface area contributed by atoms with Crippen LogP contribution in [-0.4, -0.2) is 12.1 Å². The van der Waals surface area contributed by atoms with Gasteiger partial charge in [-0.25, -0.2) is 0 Å². The SMILES string of the molecule is CC(C)CC(C)(CN)Nc1ccccc1Cl. The molecule has 0 aromatic heterocycles. The lowest BCUT2D eigenvalue weighted by Crippen LogP contribution is -2.43. The summed E-state index contributed by atoms with van der Waals surface area (Å²) in [7, 11) is 0. The highest BCUT2D eigenvalue weighted by molar-refractivity contribution is 6.33. The van der Waals surface area contributed by atoms with Crippen molar-refractivity contribution in [1.29, 1.82) is 0 Å². The van der Waals surface area contributed by atoms with Crippen molar-refractivity contribution in [2.24, 2.45) is 11.7 Å². The van der Waals surface area contributed by atoms with Gasteiger partial charge in [-0.2, -0.15) is 0 Å². The van der Waals surface area contributed by atoms with Crippen LogP contribution in [0.15, 0.2) is 24.3 Å². The third-order valence-electron chi connectivity index (χ3n) is 2.62. The van der Waals surface area contributed by atoms with Gasteiger partial charge in [0.1, 0.15) is 0 Å². The largest absolute Gasteiger partial charge is 0.377 e. The summed E-state index contributed by atoms with van der Waals surface area (Å²) in [6.07, 6.45) is 1.02. The molecule has 16 heavy (non-hydrogen) atoms. The summed E-state index contributed by atoms with van der Waals surface area (Å²) in [5, 5.41) is 4.19. The van der Waals surface area contributed by atoms with E-state index in [2.05, 4.69) is 26.1 Å². The van der Waals surface area contributed by atoms with Gasteiger partial charge in [0.15, 0.2) is 0 Å². The van der Waals surface area contributed by atoms with Gasteiger partial charge in [-0.3, -0.25) is 0 Å². The van der Waals surface area contributed by atoms with Gasteiger partial charge in [0, 0.05) is 12.1 Å². The average Bonchev–Trinajstić information content (AvgIpc) is 2.20. The van der Waals surface area contributed by atoms with Crippen molar-refractivity contribution in [3.8, 4) is 0 Å². The van der Waals surface area contributed by atoms with E-state index in [1.165, 1.54) is 0 Å². The van der Waals surface area contributed by atoms with Crippen molar-refractivity contribution < 1.29 is 0 Å². The van der Waals surface area contributed by atoms with Gasteiger partial charge < -0.3 is 11.1 Å². The van der Waals surface area contributed by atoms with Crippen molar-refractivity contribution in [3.63, 3.8) is 0 Å². The van der Waals surface area contributed by atoms with Crippen LogP contribution in [0.2, 0.25) is 5.02 Å². The number of hydrogen-bond acceptors (Lipinski definition) is 2. The minimum Gasteiger partial charge on any atom is -0.377 e. The smallest absolute Gasteiger partial charge is 0.0637 e. The van der Waals surface area contributed by atoms with E-state index in [1.54, 1.807) is 0 Å². The maximum atomic E-state index is 6.12. The van der Waals surface area contributed by atoms with Gasteiger partial charge in [-0.05, 0) is 31.4 Å². The quantitative estimate of drug-likeness (QED) is 0.827. The molecule has 1 atom stereocenters. The van der Waals surface area contributed by atoms with Gasteiger partial charge in [0.2, 0.25) is 0 Å². The molecule has 3 N–H and O–H groups in total. The monoisotopic (exact) mass is 240 g/mol. The van der Waals surface area contributed by atoms with E-state index < -0.39 is 0 Å². The number of para-hydroxylation sites is 1. The first-order valence-electron chi connectivity index (χ1n) is 5.69. The van der Waals surface area contributed by atoms with Crippen LogP contribution in [0.1, 0.15) is 27.2 Å². The van der Waals surface area contributed by atoms with Crippen LogP contribution in [-0.2, 0) is 0 Å². The first-order chi connectivity index (χ1) is 7.47. The van der Waals surface area contributed by atoms with Gasteiger partial charge in [0.25, 0.3) is 0 Å². The van der Waals surface area contributed by atoms with Crippen LogP contribution in [0.25, 0.3) is 0 Å². The molecule has 1 rings (SSSR count). The first kappa shape index (κ1) is 13.3. The molecule has 0 bridgehead atoms. The van der Waals surface area contributed by atoms with Gasteiger partial charge in [-0.15, -0.1) is 0 Å². The maximum Gasteiger partial charge on any atom is 0.0637 e. The normalized spacial score (nSPS) is 14.9. The lowest BCUT2D eigenvalue weighted by molar-refractivity contribution is 0.407. The van der Waals surface area contributed by atoms with Crippen LogP contribution < -0.4 is 11.1 Å². The van der Waals surface area contributed by atoms with E-state index in [-0.39, 0.29) is 5.54 Å². The predicted molar refractivity (Wildman–Crippen MR) is 72.0 cm³/mol. The Hall–Kier alpha value is -0.730. The molecule has 0 aliphatic carbocycles. The molecule has 0 saturated carbocycles. The molecule has 0 amide bonds. The molecule has 0 aliphatic rings. The summed E-state index contributed by atoms with van der Waals surface area (Å²) in [4.78, 5) is 0. The number of anilines is 1. The van der Waals surface area contributed by atoms with Crippen LogP contribution in [0.4, 0.5) is 5.69 Å². The Labute approximate surface area is 103 Å². The fourth-order valence-corrected chi connectivity index (χ4v) is 2.16. The van der Waals surface area contributed by atoms with Gasteiger partial charge in [-0.1, -0.05) is 37.6 Å². The lowest BCUT2D eigenvalue weighted by atomic mass is 9.90. The van der Waals surface area contributed by atoms with Crippen LogP contribution in [0, 0.1) is 5.92 Å². The standard InChI is InChI=1S/C13H21ClN2/c1-10(2)8-13(3,9-15)16-12-7-5-4-6-11(12)14/h4-7,10,16H,8-9,15H2,1-3H3. The summed E-state index contributed by atoms with van der Waals surface area (Å²) in [5.41, 5.74) is 6.71. The van der Waals surface area contributed by atoms with Crippen molar-refractivity contribution in [1.82, 2.24) is 0 Å². The second-order valence-electron chi connectivity index (χ2n) is 4.97. The predicted octanol–water partition coefficient (Wildman–Crippen LogP) is 3.52. The highest BCUT2D eigenvalue weighted by Gasteiger charge is 2.23. The molecule has 3 heteroatoms. The van der Waals surface area contributed by atoms with Gasteiger partial charge in [0.05, 0.1) is 10.7 Å². The minimum absolute atomic E-state index is 0.0981. The molecule has 1 unspecified atom stereocenters. The molecule has 1 aromatic carbocycles. The Morgan fingerprint density at radius 2 is 2.00 bits per heavy atom. The molecular weight excluding hydrogens is 220 g/mol.